The third-order valence-electron chi connectivity index (χ3n) is 2.63. The van der Waals surface area contributed by atoms with Crippen molar-refractivity contribution in [3.8, 4) is 0 Å². The van der Waals surface area contributed by atoms with Gasteiger partial charge in [-0.15, -0.1) is 10.2 Å². The lowest BCUT2D eigenvalue weighted by Crippen LogP contribution is -2.40. The summed E-state index contributed by atoms with van der Waals surface area (Å²) in [6.45, 7) is 4.27. The highest BCUT2D eigenvalue weighted by Crippen LogP contribution is 2.27. The summed E-state index contributed by atoms with van der Waals surface area (Å²) in [4.78, 5) is 22.8. The molecular formula is C14H17N5O2S2. The molecule has 0 spiro atoms. The van der Waals surface area contributed by atoms with Crippen LogP contribution >= 0.6 is 23.1 Å². The summed E-state index contributed by atoms with van der Waals surface area (Å²) in [7, 11) is 0. The van der Waals surface area contributed by atoms with E-state index in [4.69, 9.17) is 0 Å². The quantitative estimate of drug-likeness (QED) is 0.692. The van der Waals surface area contributed by atoms with Crippen LogP contribution in [0.25, 0.3) is 0 Å². The number of hydrogen-bond acceptors (Lipinski definition) is 7. The summed E-state index contributed by atoms with van der Waals surface area (Å²) in [6.07, 6.45) is 0. The van der Waals surface area contributed by atoms with Crippen LogP contribution in [0, 0.1) is 6.92 Å². The first-order chi connectivity index (χ1) is 11.1. The predicted octanol–water partition coefficient (Wildman–Crippen LogP) is 2.53. The molecule has 3 amide bonds. The number of amides is 3. The second-order valence-electron chi connectivity index (χ2n) is 4.56. The van der Waals surface area contributed by atoms with Crippen molar-refractivity contribution in [2.24, 2.45) is 0 Å². The highest BCUT2D eigenvalue weighted by Gasteiger charge is 2.10. The lowest BCUT2D eigenvalue weighted by molar-refractivity contribution is -0.117. The monoisotopic (exact) mass is 351 g/mol. The molecule has 0 radical (unpaired) electrons. The zero-order valence-corrected chi connectivity index (χ0v) is 14.4. The number of rotatable bonds is 6. The molecule has 0 aliphatic rings. The molecule has 0 aliphatic heterocycles. The minimum atomic E-state index is -0.489. The highest BCUT2D eigenvalue weighted by molar-refractivity contribution is 8.01. The average Bonchev–Trinajstić information content (AvgIpc) is 2.95. The lowest BCUT2D eigenvalue weighted by atomic mass is 10.2. The predicted molar refractivity (Wildman–Crippen MR) is 92.3 cm³/mol. The Hall–Kier alpha value is -2.13. The molecule has 2 rings (SSSR count). The minimum Gasteiger partial charge on any atom is -0.338 e. The van der Waals surface area contributed by atoms with E-state index >= 15 is 0 Å². The number of aromatic nitrogens is 2. The number of aryl methyl sites for hydroxylation is 1. The molecule has 1 aromatic heterocycles. The molecule has 1 heterocycles. The largest absolute Gasteiger partial charge is 0.338 e. The molecule has 0 unspecified atom stereocenters. The Morgan fingerprint density at radius 2 is 1.96 bits per heavy atom. The van der Waals surface area contributed by atoms with Gasteiger partial charge in [-0.25, -0.2) is 4.79 Å². The summed E-state index contributed by atoms with van der Waals surface area (Å²) in [5.74, 6) is -0.264. The first-order valence-corrected chi connectivity index (χ1v) is 8.74. The van der Waals surface area contributed by atoms with Crippen LogP contribution in [-0.2, 0) is 4.79 Å². The fourth-order valence-electron chi connectivity index (χ4n) is 1.57. The van der Waals surface area contributed by atoms with Crippen molar-refractivity contribution in [1.29, 1.82) is 0 Å². The SMILES string of the molecule is CCNC(=O)NC(=O)CSc1nnc(Nc2ccc(C)cc2)s1. The van der Waals surface area contributed by atoms with Crippen molar-refractivity contribution in [3.63, 3.8) is 0 Å². The van der Waals surface area contributed by atoms with Crippen molar-refractivity contribution >= 4 is 45.9 Å². The maximum Gasteiger partial charge on any atom is 0.321 e. The van der Waals surface area contributed by atoms with E-state index in [1.807, 2.05) is 31.2 Å². The van der Waals surface area contributed by atoms with E-state index in [0.717, 1.165) is 5.69 Å². The summed E-state index contributed by atoms with van der Waals surface area (Å²) < 4.78 is 0.658. The van der Waals surface area contributed by atoms with Crippen molar-refractivity contribution in [2.75, 3.05) is 17.6 Å². The van der Waals surface area contributed by atoms with Crippen molar-refractivity contribution in [1.82, 2.24) is 20.8 Å². The zero-order valence-electron chi connectivity index (χ0n) is 12.8. The molecule has 0 atom stereocenters. The fourth-order valence-corrected chi connectivity index (χ4v) is 3.15. The van der Waals surface area contributed by atoms with Gasteiger partial charge in [0.25, 0.3) is 0 Å². The lowest BCUT2D eigenvalue weighted by Gasteiger charge is -2.03. The summed E-state index contributed by atoms with van der Waals surface area (Å²) in [5.41, 5.74) is 2.11. The van der Waals surface area contributed by atoms with E-state index in [1.165, 1.54) is 28.7 Å². The maximum atomic E-state index is 11.6. The molecule has 2 aromatic rings. The number of benzene rings is 1. The number of hydrogen-bond donors (Lipinski definition) is 3. The number of anilines is 2. The second-order valence-corrected chi connectivity index (χ2v) is 6.76. The number of nitrogens with zero attached hydrogens (tertiary/aromatic N) is 2. The molecule has 0 aliphatic carbocycles. The second kappa shape index (κ2) is 8.49. The van der Waals surface area contributed by atoms with E-state index in [-0.39, 0.29) is 11.7 Å². The van der Waals surface area contributed by atoms with Crippen LogP contribution in [0.15, 0.2) is 28.6 Å². The van der Waals surface area contributed by atoms with Gasteiger partial charge in [0.15, 0.2) is 4.34 Å². The van der Waals surface area contributed by atoms with E-state index in [1.54, 1.807) is 6.92 Å². The number of urea groups is 1. The fraction of sp³-hybridized carbons (Fsp3) is 0.286. The standard InChI is InChI=1S/C14H17N5O2S2/c1-3-15-12(21)17-11(20)8-22-14-19-18-13(23-14)16-10-6-4-9(2)5-7-10/h4-7H,3,8H2,1-2H3,(H,16,18)(H2,15,17,20,21). The van der Waals surface area contributed by atoms with Gasteiger partial charge in [0, 0.05) is 12.2 Å². The van der Waals surface area contributed by atoms with E-state index in [0.29, 0.717) is 16.0 Å². The summed E-state index contributed by atoms with van der Waals surface area (Å²) in [5, 5.41) is 16.6. The van der Waals surface area contributed by atoms with Crippen molar-refractivity contribution < 1.29 is 9.59 Å². The summed E-state index contributed by atoms with van der Waals surface area (Å²) >= 11 is 2.59. The first kappa shape index (κ1) is 17.2. The van der Waals surface area contributed by atoms with Gasteiger partial charge in [-0.1, -0.05) is 40.8 Å². The van der Waals surface area contributed by atoms with Crippen LogP contribution in [0.4, 0.5) is 15.6 Å². The zero-order chi connectivity index (χ0) is 16.7. The molecular weight excluding hydrogens is 334 g/mol. The molecule has 9 heteroatoms. The van der Waals surface area contributed by atoms with Crippen LogP contribution in [-0.4, -0.2) is 34.4 Å². The Bertz CT molecular complexity index is 672. The number of carbonyl (C=O) groups excluding carboxylic acids is 2. The molecule has 0 fully saturated rings. The Morgan fingerprint density at radius 3 is 2.65 bits per heavy atom. The Balaban J connectivity index is 1.81. The average molecular weight is 351 g/mol. The topological polar surface area (TPSA) is 96.0 Å². The van der Waals surface area contributed by atoms with Gasteiger partial charge in [-0.2, -0.15) is 0 Å². The van der Waals surface area contributed by atoms with Crippen LogP contribution in [0.3, 0.4) is 0 Å². The van der Waals surface area contributed by atoms with Crippen LogP contribution in [0.5, 0.6) is 0 Å². The molecule has 1 aromatic carbocycles. The van der Waals surface area contributed by atoms with Gasteiger partial charge in [0.05, 0.1) is 5.75 Å². The Kier molecular flexibility index (Phi) is 6.36. The van der Waals surface area contributed by atoms with Crippen LogP contribution in [0.1, 0.15) is 12.5 Å². The van der Waals surface area contributed by atoms with Gasteiger partial charge in [-0.3, -0.25) is 10.1 Å². The maximum absolute atomic E-state index is 11.6. The van der Waals surface area contributed by atoms with Gasteiger partial charge < -0.3 is 10.6 Å². The van der Waals surface area contributed by atoms with E-state index in [9.17, 15) is 9.59 Å². The van der Waals surface area contributed by atoms with E-state index in [2.05, 4.69) is 26.1 Å². The first-order valence-electron chi connectivity index (χ1n) is 6.94. The minimum absolute atomic E-state index is 0.107. The molecule has 122 valence electrons. The molecule has 0 saturated heterocycles. The Labute approximate surface area is 142 Å². The van der Waals surface area contributed by atoms with Crippen LogP contribution < -0.4 is 16.0 Å². The number of thioether (sulfide) groups is 1. The molecule has 7 nitrogen and oxygen atoms in total. The molecule has 23 heavy (non-hydrogen) atoms. The Morgan fingerprint density at radius 1 is 1.22 bits per heavy atom. The number of nitrogens with one attached hydrogen (secondary N) is 3. The molecule has 0 saturated carbocycles. The number of imide groups is 1. The normalized spacial score (nSPS) is 10.2. The van der Waals surface area contributed by atoms with Gasteiger partial charge in [-0.05, 0) is 26.0 Å². The smallest absolute Gasteiger partial charge is 0.321 e. The van der Waals surface area contributed by atoms with Gasteiger partial charge in [0.2, 0.25) is 11.0 Å². The molecule has 0 bridgehead atoms. The van der Waals surface area contributed by atoms with E-state index < -0.39 is 6.03 Å². The van der Waals surface area contributed by atoms with Gasteiger partial charge in [0.1, 0.15) is 0 Å². The third-order valence-corrected chi connectivity index (χ3v) is 4.60. The molecule has 3 N–H and O–H groups in total. The van der Waals surface area contributed by atoms with Crippen molar-refractivity contribution in [2.45, 2.75) is 18.2 Å². The van der Waals surface area contributed by atoms with Gasteiger partial charge >= 0.3 is 6.03 Å². The van der Waals surface area contributed by atoms with Crippen LogP contribution in [0.2, 0.25) is 0 Å². The highest BCUT2D eigenvalue weighted by atomic mass is 32.2. The number of carbonyl (C=O) groups is 2. The van der Waals surface area contributed by atoms with Crippen molar-refractivity contribution in [3.05, 3.63) is 29.8 Å². The summed E-state index contributed by atoms with van der Waals surface area (Å²) in [6, 6.07) is 7.44. The third kappa shape index (κ3) is 5.87.